The SMILES string of the molecule is C[C@@H]1C[C@]1(N)P(=O)(O)O. The summed E-state index contributed by atoms with van der Waals surface area (Å²) in [4.78, 5) is 17.1. The maximum Gasteiger partial charge on any atom is 0.345 e. The topological polar surface area (TPSA) is 83.6 Å². The van der Waals surface area contributed by atoms with Crippen LogP contribution in [0.4, 0.5) is 0 Å². The number of rotatable bonds is 1. The zero-order valence-corrected chi connectivity index (χ0v) is 6.01. The van der Waals surface area contributed by atoms with Gasteiger partial charge in [0.15, 0.2) is 0 Å². The molecule has 0 saturated heterocycles. The molecule has 0 heterocycles. The van der Waals surface area contributed by atoms with E-state index in [0.29, 0.717) is 6.42 Å². The van der Waals surface area contributed by atoms with Crippen molar-refractivity contribution in [2.75, 3.05) is 0 Å². The minimum absolute atomic E-state index is 0.0293. The molecule has 5 heteroatoms. The highest BCUT2D eigenvalue weighted by Gasteiger charge is 2.60. The molecule has 9 heavy (non-hydrogen) atoms. The van der Waals surface area contributed by atoms with E-state index in [-0.39, 0.29) is 5.92 Å². The van der Waals surface area contributed by atoms with E-state index < -0.39 is 12.9 Å². The summed E-state index contributed by atoms with van der Waals surface area (Å²) in [6, 6.07) is 0. The van der Waals surface area contributed by atoms with Crippen LogP contribution < -0.4 is 5.73 Å². The molecule has 1 aliphatic carbocycles. The van der Waals surface area contributed by atoms with Gasteiger partial charge >= 0.3 is 7.60 Å². The molecule has 0 spiro atoms. The lowest BCUT2D eigenvalue weighted by molar-refractivity contribution is 0.351. The molecule has 0 amide bonds. The third-order valence-corrected chi connectivity index (χ3v) is 3.58. The van der Waals surface area contributed by atoms with Gasteiger partial charge in [-0.05, 0) is 12.3 Å². The van der Waals surface area contributed by atoms with Crippen LogP contribution in [0.15, 0.2) is 0 Å². The average Bonchev–Trinajstić information content (AvgIpc) is 2.13. The van der Waals surface area contributed by atoms with Crippen molar-refractivity contribution in [2.24, 2.45) is 11.7 Å². The van der Waals surface area contributed by atoms with Gasteiger partial charge in [-0.2, -0.15) is 0 Å². The summed E-state index contributed by atoms with van der Waals surface area (Å²) in [5.74, 6) is -0.0293. The predicted octanol–water partition coefficient (Wildman–Crippen LogP) is -0.141. The van der Waals surface area contributed by atoms with E-state index in [1.54, 1.807) is 6.92 Å². The Bertz CT molecular complexity index is 177. The second-order valence-corrected chi connectivity index (χ2v) is 4.56. The second-order valence-electron chi connectivity index (χ2n) is 2.64. The highest BCUT2D eigenvalue weighted by Crippen LogP contribution is 2.64. The summed E-state index contributed by atoms with van der Waals surface area (Å²) >= 11 is 0. The van der Waals surface area contributed by atoms with Crippen molar-refractivity contribution in [1.82, 2.24) is 0 Å². The number of hydrogen-bond donors (Lipinski definition) is 3. The predicted molar refractivity (Wildman–Crippen MR) is 32.7 cm³/mol. The molecule has 0 aromatic carbocycles. The Hall–Kier alpha value is 0.110. The van der Waals surface area contributed by atoms with Crippen LogP contribution in [0.3, 0.4) is 0 Å². The van der Waals surface area contributed by atoms with E-state index in [2.05, 4.69) is 0 Å². The van der Waals surface area contributed by atoms with E-state index >= 15 is 0 Å². The third kappa shape index (κ3) is 0.923. The fraction of sp³-hybridized carbons (Fsp3) is 1.00. The number of hydrogen-bond acceptors (Lipinski definition) is 2. The first kappa shape index (κ1) is 7.22. The monoisotopic (exact) mass is 151 g/mol. The van der Waals surface area contributed by atoms with Gasteiger partial charge in [-0.15, -0.1) is 0 Å². The molecule has 54 valence electrons. The van der Waals surface area contributed by atoms with Gasteiger partial charge in [0, 0.05) is 0 Å². The summed E-state index contributed by atoms with van der Waals surface area (Å²) in [7, 11) is -4.02. The summed E-state index contributed by atoms with van der Waals surface area (Å²) in [5, 5.41) is -1.19. The lowest BCUT2D eigenvalue weighted by atomic mass is 10.5. The van der Waals surface area contributed by atoms with Gasteiger partial charge in [-0.1, -0.05) is 6.92 Å². The van der Waals surface area contributed by atoms with Crippen molar-refractivity contribution in [3.8, 4) is 0 Å². The van der Waals surface area contributed by atoms with Crippen LogP contribution in [0.5, 0.6) is 0 Å². The normalized spacial score (nSPS) is 42.9. The van der Waals surface area contributed by atoms with Crippen LogP contribution >= 0.6 is 7.60 Å². The fourth-order valence-corrected chi connectivity index (χ4v) is 1.92. The summed E-state index contributed by atoms with van der Waals surface area (Å²) in [5.41, 5.74) is 5.30. The molecule has 1 saturated carbocycles. The van der Waals surface area contributed by atoms with Crippen LogP contribution in [0.1, 0.15) is 13.3 Å². The van der Waals surface area contributed by atoms with Crippen molar-refractivity contribution in [1.29, 1.82) is 0 Å². The van der Waals surface area contributed by atoms with Gasteiger partial charge in [0.1, 0.15) is 5.28 Å². The zero-order valence-electron chi connectivity index (χ0n) is 5.11. The minimum atomic E-state index is -4.02. The van der Waals surface area contributed by atoms with Gasteiger partial charge in [0.2, 0.25) is 0 Å². The Kier molecular flexibility index (Phi) is 1.27. The van der Waals surface area contributed by atoms with Crippen LogP contribution in [-0.4, -0.2) is 15.1 Å². The lowest BCUT2D eigenvalue weighted by Gasteiger charge is -2.10. The molecule has 0 aliphatic heterocycles. The molecule has 2 atom stereocenters. The molecule has 0 radical (unpaired) electrons. The first-order chi connectivity index (χ1) is 3.88. The fourth-order valence-electron chi connectivity index (χ4n) is 0.838. The quantitative estimate of drug-likeness (QED) is 0.455. The summed E-state index contributed by atoms with van der Waals surface area (Å²) in [6.07, 6.45) is 0.442. The molecule has 1 rings (SSSR count). The first-order valence-corrected chi connectivity index (χ1v) is 4.34. The number of nitrogens with two attached hydrogens (primary N) is 1. The van der Waals surface area contributed by atoms with Crippen LogP contribution in [-0.2, 0) is 4.57 Å². The van der Waals surface area contributed by atoms with E-state index in [9.17, 15) is 4.57 Å². The maximum atomic E-state index is 10.5. The Labute approximate surface area is 53.2 Å². The molecular weight excluding hydrogens is 141 g/mol. The van der Waals surface area contributed by atoms with Crippen molar-refractivity contribution in [3.63, 3.8) is 0 Å². The molecule has 1 aliphatic rings. The molecule has 0 aromatic rings. The van der Waals surface area contributed by atoms with Crippen LogP contribution in [0, 0.1) is 5.92 Å². The van der Waals surface area contributed by atoms with Crippen molar-refractivity contribution in [3.05, 3.63) is 0 Å². The third-order valence-electron chi connectivity index (χ3n) is 1.87. The lowest BCUT2D eigenvalue weighted by Crippen LogP contribution is -2.23. The van der Waals surface area contributed by atoms with Crippen molar-refractivity contribution >= 4 is 7.60 Å². The highest BCUT2D eigenvalue weighted by molar-refractivity contribution is 7.54. The first-order valence-electron chi connectivity index (χ1n) is 2.72. The molecule has 1 fully saturated rings. The van der Waals surface area contributed by atoms with Crippen molar-refractivity contribution in [2.45, 2.75) is 18.6 Å². The van der Waals surface area contributed by atoms with E-state index in [4.69, 9.17) is 15.5 Å². The Morgan fingerprint density at radius 2 is 2.11 bits per heavy atom. The Balaban J connectivity index is 2.76. The van der Waals surface area contributed by atoms with Crippen LogP contribution in [0.25, 0.3) is 0 Å². The average molecular weight is 151 g/mol. The Morgan fingerprint density at radius 1 is 1.78 bits per heavy atom. The largest absolute Gasteiger partial charge is 0.345 e. The smallest absolute Gasteiger partial charge is 0.323 e. The van der Waals surface area contributed by atoms with Gasteiger partial charge < -0.3 is 15.5 Å². The van der Waals surface area contributed by atoms with Gasteiger partial charge in [0.25, 0.3) is 0 Å². The van der Waals surface area contributed by atoms with Gasteiger partial charge in [0.05, 0.1) is 0 Å². The van der Waals surface area contributed by atoms with Gasteiger partial charge in [-0.3, -0.25) is 4.57 Å². The summed E-state index contributed by atoms with van der Waals surface area (Å²) in [6.45, 7) is 1.74. The molecule has 0 aromatic heterocycles. The van der Waals surface area contributed by atoms with E-state index in [1.807, 2.05) is 0 Å². The molecule has 0 bridgehead atoms. The molecule has 0 unspecified atom stereocenters. The van der Waals surface area contributed by atoms with E-state index in [0.717, 1.165) is 0 Å². The van der Waals surface area contributed by atoms with Crippen LogP contribution in [0.2, 0.25) is 0 Å². The highest BCUT2D eigenvalue weighted by atomic mass is 31.2. The zero-order chi connectivity index (χ0) is 7.28. The van der Waals surface area contributed by atoms with Crippen molar-refractivity contribution < 1.29 is 14.4 Å². The standard InChI is InChI=1S/C4H10NO3P/c1-3-2-4(3,5)9(6,7)8/h3H,2,5H2,1H3,(H2,6,7,8)/t3-,4+/m1/s1. The Morgan fingerprint density at radius 3 is 2.11 bits per heavy atom. The minimum Gasteiger partial charge on any atom is -0.323 e. The van der Waals surface area contributed by atoms with Gasteiger partial charge in [-0.25, -0.2) is 0 Å². The van der Waals surface area contributed by atoms with E-state index in [1.165, 1.54) is 0 Å². The summed E-state index contributed by atoms with van der Waals surface area (Å²) < 4.78 is 10.5. The second kappa shape index (κ2) is 1.58. The molecule has 4 nitrogen and oxygen atoms in total. The molecular formula is C4H10NO3P. The maximum absolute atomic E-state index is 10.5. The molecule has 4 N–H and O–H groups in total.